The van der Waals surface area contributed by atoms with Crippen LogP contribution in [-0.2, 0) is 6.54 Å². The lowest BCUT2D eigenvalue weighted by molar-refractivity contribution is 0.601. The van der Waals surface area contributed by atoms with E-state index in [1.165, 1.54) is 5.69 Å². The van der Waals surface area contributed by atoms with E-state index in [0.717, 1.165) is 18.7 Å². The smallest absolute Gasteiger partial charge is 0.0596 e. The van der Waals surface area contributed by atoms with Gasteiger partial charge in [0.1, 0.15) is 0 Å². The topological polar surface area (TPSA) is 17.8 Å². The Hall–Kier alpha value is -0.790. The van der Waals surface area contributed by atoms with Crippen LogP contribution >= 0.6 is 0 Å². The second-order valence-corrected chi connectivity index (χ2v) is 2.50. The third kappa shape index (κ3) is 1.38. The Bertz CT molecular complexity index is 213. The average Bonchev–Trinajstić information content (AvgIpc) is 2.13. The van der Waals surface area contributed by atoms with Crippen LogP contribution in [0.3, 0.4) is 0 Å². The maximum atomic E-state index is 4.28. The van der Waals surface area contributed by atoms with Crippen molar-refractivity contribution in [3.05, 3.63) is 24.4 Å². The molecule has 1 radical (unpaired) electrons. The van der Waals surface area contributed by atoms with Gasteiger partial charge in [-0.25, -0.2) is 0 Å². The average molecular weight is 137 g/mol. The van der Waals surface area contributed by atoms with Gasteiger partial charge in [-0.2, -0.15) is 5.10 Å². The van der Waals surface area contributed by atoms with Crippen LogP contribution in [0.4, 0.5) is 0 Å². The number of nitrogens with zero attached hydrogens (tertiary/aromatic N) is 2. The van der Waals surface area contributed by atoms with E-state index in [1.54, 1.807) is 0 Å². The molecule has 1 heterocycles. The highest BCUT2D eigenvalue weighted by molar-refractivity contribution is 5.06. The Kier molecular flexibility index (Phi) is 2.10. The van der Waals surface area contributed by atoms with E-state index in [2.05, 4.69) is 25.0 Å². The van der Waals surface area contributed by atoms with Crippen molar-refractivity contribution in [3.63, 3.8) is 0 Å². The molecule has 0 aliphatic heterocycles. The number of hydrogen-bond donors (Lipinski definition) is 0. The standard InChI is InChI=1S/C8H13N2/c1-4-5-10-8(3)6-7(2)9-10/h6H,1,4-5H2,2-3H3. The molecule has 0 spiro atoms. The van der Waals surface area contributed by atoms with Gasteiger partial charge in [0.15, 0.2) is 0 Å². The van der Waals surface area contributed by atoms with E-state index in [9.17, 15) is 0 Å². The quantitative estimate of drug-likeness (QED) is 0.607. The fourth-order valence-corrected chi connectivity index (χ4v) is 1.05. The van der Waals surface area contributed by atoms with Gasteiger partial charge in [0, 0.05) is 12.2 Å². The van der Waals surface area contributed by atoms with Crippen molar-refractivity contribution >= 4 is 0 Å². The van der Waals surface area contributed by atoms with Gasteiger partial charge in [-0.3, -0.25) is 4.68 Å². The first kappa shape index (κ1) is 7.32. The summed E-state index contributed by atoms with van der Waals surface area (Å²) in [5, 5.41) is 4.28. The minimum Gasteiger partial charge on any atom is -0.270 e. The number of hydrogen-bond acceptors (Lipinski definition) is 1. The Morgan fingerprint density at radius 3 is 2.70 bits per heavy atom. The van der Waals surface area contributed by atoms with Crippen molar-refractivity contribution in [3.8, 4) is 0 Å². The summed E-state index contributed by atoms with van der Waals surface area (Å²) in [6.07, 6.45) is 0.905. The van der Waals surface area contributed by atoms with Crippen LogP contribution < -0.4 is 0 Å². The van der Waals surface area contributed by atoms with E-state index >= 15 is 0 Å². The maximum absolute atomic E-state index is 4.28. The van der Waals surface area contributed by atoms with Gasteiger partial charge in [0.05, 0.1) is 5.69 Å². The van der Waals surface area contributed by atoms with Gasteiger partial charge < -0.3 is 0 Å². The molecule has 10 heavy (non-hydrogen) atoms. The van der Waals surface area contributed by atoms with Crippen molar-refractivity contribution in [1.29, 1.82) is 0 Å². The Labute approximate surface area is 61.9 Å². The molecule has 0 bridgehead atoms. The SMILES string of the molecule is [CH2]CCn1nc(C)cc1C. The maximum Gasteiger partial charge on any atom is 0.0596 e. The highest BCUT2D eigenvalue weighted by Gasteiger charge is 1.97. The molecular formula is C8H13N2. The zero-order chi connectivity index (χ0) is 7.56. The summed E-state index contributed by atoms with van der Waals surface area (Å²) in [5.74, 6) is 0. The Balaban J connectivity index is 2.81. The third-order valence-corrected chi connectivity index (χ3v) is 1.47. The molecule has 2 nitrogen and oxygen atoms in total. The zero-order valence-corrected chi connectivity index (χ0v) is 6.59. The van der Waals surface area contributed by atoms with Gasteiger partial charge in [-0.15, -0.1) is 0 Å². The van der Waals surface area contributed by atoms with Crippen molar-refractivity contribution in [2.45, 2.75) is 26.8 Å². The lowest BCUT2D eigenvalue weighted by Gasteiger charge is -1.98. The van der Waals surface area contributed by atoms with Gasteiger partial charge >= 0.3 is 0 Å². The normalized spacial score (nSPS) is 10.3. The monoisotopic (exact) mass is 137 g/mol. The predicted molar refractivity (Wildman–Crippen MR) is 41.7 cm³/mol. The number of aryl methyl sites for hydroxylation is 3. The molecule has 0 fully saturated rings. The van der Waals surface area contributed by atoms with Crippen molar-refractivity contribution in [1.82, 2.24) is 9.78 Å². The summed E-state index contributed by atoms with van der Waals surface area (Å²) in [7, 11) is 0. The van der Waals surface area contributed by atoms with E-state index in [0.29, 0.717) is 0 Å². The summed E-state index contributed by atoms with van der Waals surface area (Å²) in [4.78, 5) is 0. The Morgan fingerprint density at radius 1 is 1.60 bits per heavy atom. The third-order valence-electron chi connectivity index (χ3n) is 1.47. The van der Waals surface area contributed by atoms with E-state index in [-0.39, 0.29) is 0 Å². The Morgan fingerprint density at radius 2 is 2.30 bits per heavy atom. The van der Waals surface area contributed by atoms with Gasteiger partial charge in [-0.05, 0) is 26.3 Å². The first-order valence-corrected chi connectivity index (χ1v) is 3.54. The molecule has 55 valence electrons. The van der Waals surface area contributed by atoms with Crippen LogP contribution in [0, 0.1) is 20.8 Å². The molecule has 1 aromatic rings. The number of aromatic nitrogens is 2. The summed E-state index contributed by atoms with van der Waals surface area (Å²) in [6.45, 7) is 8.77. The molecule has 0 saturated carbocycles. The van der Waals surface area contributed by atoms with Gasteiger partial charge in [0.25, 0.3) is 0 Å². The molecule has 1 aromatic heterocycles. The molecule has 0 atom stereocenters. The molecule has 0 aromatic carbocycles. The molecule has 0 saturated heterocycles. The van der Waals surface area contributed by atoms with Crippen molar-refractivity contribution < 1.29 is 0 Å². The molecular weight excluding hydrogens is 124 g/mol. The second-order valence-electron chi connectivity index (χ2n) is 2.50. The van der Waals surface area contributed by atoms with Crippen LogP contribution in [0.5, 0.6) is 0 Å². The molecule has 1 rings (SSSR count). The van der Waals surface area contributed by atoms with Crippen LogP contribution in [0.15, 0.2) is 6.07 Å². The fraction of sp³-hybridized carbons (Fsp3) is 0.500. The minimum absolute atomic E-state index is 0.905. The largest absolute Gasteiger partial charge is 0.270 e. The highest BCUT2D eigenvalue weighted by atomic mass is 15.3. The van der Waals surface area contributed by atoms with Gasteiger partial charge in [-0.1, -0.05) is 6.92 Å². The molecule has 0 aliphatic carbocycles. The van der Waals surface area contributed by atoms with Crippen molar-refractivity contribution in [2.24, 2.45) is 0 Å². The second kappa shape index (κ2) is 2.86. The molecule has 2 heteroatoms. The van der Waals surface area contributed by atoms with Crippen molar-refractivity contribution in [2.75, 3.05) is 0 Å². The van der Waals surface area contributed by atoms with E-state index in [1.807, 2.05) is 11.6 Å². The minimum atomic E-state index is 0.905. The van der Waals surface area contributed by atoms with Gasteiger partial charge in [0.2, 0.25) is 0 Å². The van der Waals surface area contributed by atoms with Crippen LogP contribution in [0.2, 0.25) is 0 Å². The van der Waals surface area contributed by atoms with Crippen LogP contribution in [0.25, 0.3) is 0 Å². The summed E-state index contributed by atoms with van der Waals surface area (Å²) < 4.78 is 1.99. The lowest BCUT2D eigenvalue weighted by Crippen LogP contribution is -2.00. The zero-order valence-electron chi connectivity index (χ0n) is 6.59. The van der Waals surface area contributed by atoms with Crippen LogP contribution in [-0.4, -0.2) is 9.78 Å². The summed E-state index contributed by atoms with van der Waals surface area (Å²) in [5.41, 5.74) is 2.31. The first-order valence-electron chi connectivity index (χ1n) is 3.54. The fourth-order valence-electron chi connectivity index (χ4n) is 1.05. The first-order chi connectivity index (χ1) is 4.74. The highest BCUT2D eigenvalue weighted by Crippen LogP contribution is 2.01. The molecule has 0 unspecified atom stereocenters. The lowest BCUT2D eigenvalue weighted by atomic mass is 10.4. The predicted octanol–water partition coefficient (Wildman–Crippen LogP) is 1.72. The van der Waals surface area contributed by atoms with E-state index < -0.39 is 0 Å². The molecule has 0 N–H and O–H groups in total. The molecule has 0 amide bonds. The summed E-state index contributed by atoms with van der Waals surface area (Å²) in [6, 6.07) is 2.08. The van der Waals surface area contributed by atoms with E-state index in [4.69, 9.17) is 0 Å². The number of rotatable bonds is 2. The van der Waals surface area contributed by atoms with Crippen LogP contribution in [0.1, 0.15) is 17.8 Å². The summed E-state index contributed by atoms with van der Waals surface area (Å²) >= 11 is 0. The molecule has 0 aliphatic rings.